The SMILES string of the molecule is Cn1c(=O)n(CCN2CCN(c3ccc(C(=O)NCCN4CCOCC4)cc3F)CC2)c2nc(N)n3nc(-c4ccco4)nc3c21. The summed E-state index contributed by atoms with van der Waals surface area (Å²) in [6, 6.07) is 8.14. The van der Waals surface area contributed by atoms with Gasteiger partial charge in [-0.05, 0) is 30.3 Å². The van der Waals surface area contributed by atoms with Crippen LogP contribution in [0.5, 0.6) is 0 Å². The number of amides is 1. The summed E-state index contributed by atoms with van der Waals surface area (Å²) in [5.41, 5.74) is 8.15. The van der Waals surface area contributed by atoms with Gasteiger partial charge >= 0.3 is 5.69 Å². The quantitative estimate of drug-likeness (QED) is 0.235. The molecule has 0 saturated carbocycles. The number of furan rings is 1. The topological polar surface area (TPSA) is 157 Å². The lowest BCUT2D eigenvalue weighted by Crippen LogP contribution is -2.47. The van der Waals surface area contributed by atoms with Crippen molar-refractivity contribution in [1.29, 1.82) is 0 Å². The second kappa shape index (κ2) is 12.5. The number of imidazole rings is 1. The highest BCUT2D eigenvalue weighted by Crippen LogP contribution is 2.24. The number of nitrogens with one attached hydrogen (secondary N) is 1. The highest BCUT2D eigenvalue weighted by Gasteiger charge is 2.24. The summed E-state index contributed by atoms with van der Waals surface area (Å²) in [6.45, 7) is 7.89. The number of aryl methyl sites for hydroxylation is 1. The zero-order valence-corrected chi connectivity index (χ0v) is 25.6. The molecular weight excluding hydrogens is 597 g/mol. The fourth-order valence-electron chi connectivity index (χ4n) is 6.11. The number of nitrogens with two attached hydrogens (primary N) is 1. The van der Waals surface area contributed by atoms with Crippen LogP contribution >= 0.6 is 0 Å². The van der Waals surface area contributed by atoms with Gasteiger partial charge in [0.1, 0.15) is 11.3 Å². The Bertz CT molecular complexity index is 1920. The van der Waals surface area contributed by atoms with Crippen LogP contribution in [-0.2, 0) is 18.3 Å². The third-order valence-electron chi connectivity index (χ3n) is 8.70. The van der Waals surface area contributed by atoms with E-state index in [1.807, 2.05) is 4.90 Å². The summed E-state index contributed by atoms with van der Waals surface area (Å²) in [7, 11) is 1.67. The summed E-state index contributed by atoms with van der Waals surface area (Å²) in [5.74, 6) is 0.231. The standard InChI is InChI=1S/C30H36FN11O4/c1-37-24-26(35-29(32)42-27(24)34-25(36-42)23-3-2-16-46-23)41(30(37)44)13-10-39-8-11-40(12-9-39)22-5-4-20(19-21(22)31)28(43)33-6-7-38-14-17-45-18-15-38/h2-5,16,19H,6-15,17-18H2,1H3,(H2,32,35)(H,33,43). The minimum Gasteiger partial charge on any atom is -0.461 e. The molecule has 0 aliphatic carbocycles. The lowest BCUT2D eigenvalue weighted by atomic mass is 10.1. The van der Waals surface area contributed by atoms with Gasteiger partial charge in [0.2, 0.25) is 11.8 Å². The van der Waals surface area contributed by atoms with E-state index in [4.69, 9.17) is 14.9 Å². The Balaban J connectivity index is 0.973. The molecule has 46 heavy (non-hydrogen) atoms. The van der Waals surface area contributed by atoms with Crippen molar-refractivity contribution in [3.8, 4) is 11.6 Å². The largest absolute Gasteiger partial charge is 0.461 e. The van der Waals surface area contributed by atoms with Gasteiger partial charge in [0.05, 0.1) is 25.2 Å². The molecule has 0 radical (unpaired) electrons. The average molecular weight is 634 g/mol. The molecule has 242 valence electrons. The van der Waals surface area contributed by atoms with Gasteiger partial charge in [-0.2, -0.15) is 9.50 Å². The molecule has 0 bridgehead atoms. The van der Waals surface area contributed by atoms with Gasteiger partial charge in [-0.15, -0.1) is 5.10 Å². The number of nitrogen functional groups attached to an aromatic ring is 1. The number of anilines is 2. The van der Waals surface area contributed by atoms with Gasteiger partial charge in [0.15, 0.2) is 17.1 Å². The third-order valence-corrected chi connectivity index (χ3v) is 8.70. The van der Waals surface area contributed by atoms with E-state index in [2.05, 4.69) is 30.2 Å². The fourth-order valence-corrected chi connectivity index (χ4v) is 6.11. The number of halogens is 1. The molecule has 2 saturated heterocycles. The van der Waals surface area contributed by atoms with E-state index in [1.54, 1.807) is 35.9 Å². The van der Waals surface area contributed by atoms with Crippen LogP contribution < -0.4 is 21.6 Å². The second-order valence-electron chi connectivity index (χ2n) is 11.5. The number of hydrogen-bond donors (Lipinski definition) is 2. The van der Waals surface area contributed by atoms with Crippen molar-refractivity contribution < 1.29 is 18.3 Å². The van der Waals surface area contributed by atoms with Crippen LogP contribution in [-0.4, -0.2) is 117 Å². The lowest BCUT2D eigenvalue weighted by Gasteiger charge is -2.36. The smallest absolute Gasteiger partial charge is 0.330 e. The van der Waals surface area contributed by atoms with Gasteiger partial charge in [-0.25, -0.2) is 14.2 Å². The molecule has 6 heterocycles. The van der Waals surface area contributed by atoms with Gasteiger partial charge in [-0.1, -0.05) is 0 Å². The van der Waals surface area contributed by atoms with Crippen molar-refractivity contribution in [2.75, 3.05) is 82.8 Å². The Labute approximate surface area is 262 Å². The molecular formula is C30H36FN11O4. The molecule has 1 amide bonds. The zero-order valence-electron chi connectivity index (χ0n) is 25.6. The number of benzene rings is 1. The van der Waals surface area contributed by atoms with Crippen molar-refractivity contribution >= 4 is 34.4 Å². The van der Waals surface area contributed by atoms with Crippen LogP contribution in [0.1, 0.15) is 10.4 Å². The van der Waals surface area contributed by atoms with Gasteiger partial charge < -0.3 is 25.1 Å². The number of aromatic nitrogens is 6. The predicted molar refractivity (Wildman–Crippen MR) is 168 cm³/mol. The highest BCUT2D eigenvalue weighted by molar-refractivity contribution is 5.94. The molecule has 3 N–H and O–H groups in total. The van der Waals surface area contributed by atoms with Crippen molar-refractivity contribution in [2.45, 2.75) is 6.54 Å². The summed E-state index contributed by atoms with van der Waals surface area (Å²) in [6.07, 6.45) is 1.53. The molecule has 0 atom stereocenters. The maximum Gasteiger partial charge on any atom is 0.330 e. The number of morpholine rings is 1. The zero-order chi connectivity index (χ0) is 31.8. The Morgan fingerprint density at radius 2 is 1.78 bits per heavy atom. The maximum absolute atomic E-state index is 15.2. The number of piperazine rings is 1. The number of rotatable bonds is 9. The minimum absolute atomic E-state index is 0.110. The molecule has 0 unspecified atom stereocenters. The molecule has 4 aromatic heterocycles. The first-order valence-corrected chi connectivity index (χ1v) is 15.4. The number of carbonyl (C=O) groups excluding carboxylic acids is 1. The van der Waals surface area contributed by atoms with E-state index in [1.165, 1.54) is 21.4 Å². The van der Waals surface area contributed by atoms with Gasteiger partial charge in [0, 0.05) is 78.1 Å². The van der Waals surface area contributed by atoms with E-state index in [0.29, 0.717) is 98.7 Å². The molecule has 2 aliphatic rings. The summed E-state index contributed by atoms with van der Waals surface area (Å²) >= 11 is 0. The first-order chi connectivity index (χ1) is 22.4. The van der Waals surface area contributed by atoms with Crippen LogP contribution in [0.4, 0.5) is 16.0 Å². The van der Waals surface area contributed by atoms with Gasteiger partial charge in [0.25, 0.3) is 5.91 Å². The molecule has 15 nitrogen and oxygen atoms in total. The lowest BCUT2D eigenvalue weighted by molar-refractivity contribution is 0.0383. The van der Waals surface area contributed by atoms with Crippen LogP contribution in [0.3, 0.4) is 0 Å². The summed E-state index contributed by atoms with van der Waals surface area (Å²) < 4.78 is 30.5. The highest BCUT2D eigenvalue weighted by atomic mass is 19.1. The number of ether oxygens (including phenoxy) is 1. The third kappa shape index (κ3) is 5.70. The molecule has 2 fully saturated rings. The monoisotopic (exact) mass is 633 g/mol. The van der Waals surface area contributed by atoms with E-state index >= 15 is 4.39 Å². The predicted octanol–water partition coefficient (Wildman–Crippen LogP) is 0.643. The molecule has 7 rings (SSSR count). The minimum atomic E-state index is -0.421. The Morgan fingerprint density at radius 3 is 2.52 bits per heavy atom. The van der Waals surface area contributed by atoms with Crippen molar-refractivity contribution in [1.82, 2.24) is 43.8 Å². The van der Waals surface area contributed by atoms with Crippen LogP contribution in [0, 0.1) is 5.82 Å². The molecule has 16 heteroatoms. The number of nitrogens with zero attached hydrogens (tertiary/aromatic N) is 9. The van der Waals surface area contributed by atoms with E-state index in [9.17, 15) is 9.59 Å². The first kappa shape index (κ1) is 29.9. The molecule has 0 spiro atoms. The summed E-state index contributed by atoms with van der Waals surface area (Å²) in [5, 5.41) is 7.30. The van der Waals surface area contributed by atoms with E-state index < -0.39 is 5.82 Å². The van der Waals surface area contributed by atoms with Crippen molar-refractivity contribution in [3.05, 3.63) is 58.5 Å². The van der Waals surface area contributed by atoms with E-state index in [0.717, 1.165) is 19.6 Å². The molecule has 5 aromatic rings. The molecule has 2 aliphatic heterocycles. The Kier molecular flexibility index (Phi) is 8.14. The van der Waals surface area contributed by atoms with Crippen molar-refractivity contribution in [2.24, 2.45) is 7.05 Å². The number of carbonyl (C=O) groups is 1. The first-order valence-electron chi connectivity index (χ1n) is 15.4. The summed E-state index contributed by atoms with van der Waals surface area (Å²) in [4.78, 5) is 41.4. The average Bonchev–Trinajstić information content (AvgIpc) is 3.81. The normalized spacial score (nSPS) is 16.5. The van der Waals surface area contributed by atoms with Crippen molar-refractivity contribution in [3.63, 3.8) is 0 Å². The number of fused-ring (bicyclic) bond motifs is 3. The molecule has 1 aromatic carbocycles. The maximum atomic E-state index is 15.2. The van der Waals surface area contributed by atoms with Crippen LogP contribution in [0.25, 0.3) is 28.4 Å². The van der Waals surface area contributed by atoms with Crippen LogP contribution in [0.15, 0.2) is 45.8 Å². The Hall–Kier alpha value is -4.80. The second-order valence-corrected chi connectivity index (χ2v) is 11.5. The number of hydrogen-bond acceptors (Lipinski definition) is 11. The Morgan fingerprint density at radius 1 is 1.00 bits per heavy atom. The fraction of sp³-hybridized carbons (Fsp3) is 0.433. The van der Waals surface area contributed by atoms with Crippen LogP contribution in [0.2, 0.25) is 0 Å². The van der Waals surface area contributed by atoms with E-state index in [-0.39, 0.29) is 17.5 Å². The van der Waals surface area contributed by atoms with Gasteiger partial charge in [-0.3, -0.25) is 23.7 Å².